The summed E-state index contributed by atoms with van der Waals surface area (Å²) in [5, 5.41) is 0. The predicted octanol–water partition coefficient (Wildman–Crippen LogP) is 2.56. The largest absolute Gasteiger partial charge is 0.495 e. The highest BCUT2D eigenvalue weighted by molar-refractivity contribution is 6.19. The van der Waals surface area contributed by atoms with Gasteiger partial charge < -0.3 is 4.74 Å². The van der Waals surface area contributed by atoms with Gasteiger partial charge in [-0.3, -0.25) is 0 Å². The normalized spacial score (nSPS) is 9.14. The van der Waals surface area contributed by atoms with Crippen molar-refractivity contribution in [3.63, 3.8) is 0 Å². The summed E-state index contributed by atoms with van der Waals surface area (Å²) in [5.74, 6) is 3.51. The van der Waals surface area contributed by atoms with E-state index in [4.69, 9.17) is 16.3 Å². The van der Waals surface area contributed by atoms with Crippen LogP contribution >= 0.6 is 11.6 Å². The Hall–Kier alpha value is -1.27. The number of rotatable bonds is 1. The van der Waals surface area contributed by atoms with Gasteiger partial charge in [0, 0.05) is 6.07 Å². The molecule has 0 amide bonds. The number of hydrogen-bond acceptors (Lipinski definition) is 1. The van der Waals surface area contributed by atoms with Gasteiger partial charge in [-0.2, -0.15) is 0 Å². The summed E-state index contributed by atoms with van der Waals surface area (Å²) in [5.41, 5.74) is 0.284. The predicted molar refractivity (Wildman–Crippen MR) is 50.5 cm³/mol. The summed E-state index contributed by atoms with van der Waals surface area (Å²) in [6.45, 7) is 0. The number of halogens is 3. The number of hydrogen-bond donors (Lipinski definition) is 0. The van der Waals surface area contributed by atoms with Crippen LogP contribution in [0.4, 0.5) is 8.78 Å². The van der Waals surface area contributed by atoms with Gasteiger partial charge in [0.15, 0.2) is 11.6 Å². The first-order chi connectivity index (χ1) is 6.69. The number of methoxy groups -OCH3 is 1. The molecule has 0 heterocycles. The molecule has 0 spiro atoms. The van der Waals surface area contributed by atoms with Crippen LogP contribution in [-0.4, -0.2) is 13.0 Å². The molecule has 4 heteroatoms. The van der Waals surface area contributed by atoms with Crippen LogP contribution in [0.5, 0.6) is 5.75 Å². The van der Waals surface area contributed by atoms with E-state index in [1.54, 1.807) is 0 Å². The van der Waals surface area contributed by atoms with Crippen LogP contribution in [-0.2, 0) is 0 Å². The molecule has 0 aliphatic carbocycles. The van der Waals surface area contributed by atoms with Gasteiger partial charge in [-0.1, -0.05) is 11.8 Å². The topological polar surface area (TPSA) is 9.23 Å². The van der Waals surface area contributed by atoms with Crippen molar-refractivity contribution in [2.75, 3.05) is 13.0 Å². The molecule has 0 aromatic heterocycles. The fourth-order valence-electron chi connectivity index (χ4n) is 0.924. The summed E-state index contributed by atoms with van der Waals surface area (Å²) in [7, 11) is 1.36. The average Bonchev–Trinajstić information content (AvgIpc) is 2.19. The minimum atomic E-state index is -0.960. The lowest BCUT2D eigenvalue weighted by atomic mass is 10.2. The molecule has 0 radical (unpaired) electrons. The van der Waals surface area contributed by atoms with Crippen molar-refractivity contribution in [1.29, 1.82) is 0 Å². The van der Waals surface area contributed by atoms with Crippen LogP contribution in [0, 0.1) is 23.5 Å². The standard InChI is InChI=1S/C10H7ClF2O/c1-14-10-6-9(13)8(12)5-7(10)3-2-4-11/h5-6H,4H2,1H3. The van der Waals surface area contributed by atoms with E-state index in [0.717, 1.165) is 12.1 Å². The highest BCUT2D eigenvalue weighted by Gasteiger charge is 2.08. The maximum absolute atomic E-state index is 12.8. The quantitative estimate of drug-likeness (QED) is 0.518. The van der Waals surface area contributed by atoms with E-state index < -0.39 is 11.6 Å². The molecule has 1 nitrogen and oxygen atoms in total. The van der Waals surface area contributed by atoms with Crippen LogP contribution < -0.4 is 4.74 Å². The fourth-order valence-corrected chi connectivity index (χ4v) is 0.991. The molecular formula is C10H7ClF2O. The first-order valence-corrected chi connectivity index (χ1v) is 4.30. The van der Waals surface area contributed by atoms with Crippen LogP contribution in [0.25, 0.3) is 0 Å². The van der Waals surface area contributed by atoms with Gasteiger partial charge in [0.1, 0.15) is 5.75 Å². The Morgan fingerprint density at radius 3 is 2.57 bits per heavy atom. The Balaban J connectivity index is 3.20. The number of benzene rings is 1. The smallest absolute Gasteiger partial charge is 0.162 e. The van der Waals surface area contributed by atoms with Gasteiger partial charge in [0.25, 0.3) is 0 Å². The van der Waals surface area contributed by atoms with Gasteiger partial charge in [-0.15, -0.1) is 11.6 Å². The third kappa shape index (κ3) is 2.36. The van der Waals surface area contributed by atoms with Crippen molar-refractivity contribution in [1.82, 2.24) is 0 Å². The number of ether oxygens (including phenoxy) is 1. The summed E-state index contributed by atoms with van der Waals surface area (Å²) >= 11 is 5.34. The maximum atomic E-state index is 12.8. The highest BCUT2D eigenvalue weighted by Crippen LogP contribution is 2.20. The van der Waals surface area contributed by atoms with E-state index in [1.807, 2.05) is 0 Å². The van der Waals surface area contributed by atoms with Gasteiger partial charge in [-0.25, -0.2) is 8.78 Å². The summed E-state index contributed by atoms with van der Waals surface area (Å²) in [6.07, 6.45) is 0. The van der Waals surface area contributed by atoms with Crippen molar-refractivity contribution in [3.05, 3.63) is 29.3 Å². The van der Waals surface area contributed by atoms with Gasteiger partial charge >= 0.3 is 0 Å². The molecule has 1 aromatic rings. The van der Waals surface area contributed by atoms with Gasteiger partial charge in [-0.05, 0) is 6.07 Å². The van der Waals surface area contributed by atoms with Crippen LogP contribution in [0.15, 0.2) is 12.1 Å². The first kappa shape index (κ1) is 10.8. The SMILES string of the molecule is COc1cc(F)c(F)cc1C#CCCl. The molecule has 0 aliphatic heterocycles. The van der Waals surface area contributed by atoms with Crippen molar-refractivity contribution < 1.29 is 13.5 Å². The minimum Gasteiger partial charge on any atom is -0.495 e. The van der Waals surface area contributed by atoms with Crippen LogP contribution in [0.3, 0.4) is 0 Å². The van der Waals surface area contributed by atoms with E-state index in [9.17, 15) is 8.78 Å². The second kappa shape index (κ2) is 4.83. The average molecular weight is 217 g/mol. The summed E-state index contributed by atoms with van der Waals surface area (Å²) in [4.78, 5) is 0. The minimum absolute atomic E-state index is 0.127. The third-order valence-corrected chi connectivity index (χ3v) is 1.67. The Bertz CT molecular complexity index is 393. The lowest BCUT2D eigenvalue weighted by Gasteiger charge is -2.03. The van der Waals surface area contributed by atoms with Crippen molar-refractivity contribution in [2.45, 2.75) is 0 Å². The molecule has 0 bridgehead atoms. The lowest BCUT2D eigenvalue weighted by Crippen LogP contribution is -1.92. The molecule has 1 aromatic carbocycles. The molecule has 0 unspecified atom stereocenters. The van der Waals surface area contributed by atoms with E-state index in [1.165, 1.54) is 7.11 Å². The molecule has 74 valence electrons. The third-order valence-electron chi connectivity index (χ3n) is 1.53. The zero-order valence-electron chi connectivity index (χ0n) is 7.40. The zero-order valence-corrected chi connectivity index (χ0v) is 8.16. The Kier molecular flexibility index (Phi) is 3.73. The lowest BCUT2D eigenvalue weighted by molar-refractivity contribution is 0.405. The Labute approximate surface area is 85.6 Å². The fraction of sp³-hybridized carbons (Fsp3) is 0.200. The highest BCUT2D eigenvalue weighted by atomic mass is 35.5. The molecular weight excluding hydrogens is 210 g/mol. The van der Waals surface area contributed by atoms with E-state index >= 15 is 0 Å². The maximum Gasteiger partial charge on any atom is 0.162 e. The first-order valence-electron chi connectivity index (χ1n) is 3.77. The molecule has 0 atom stereocenters. The van der Waals surface area contributed by atoms with Crippen molar-refractivity contribution in [3.8, 4) is 17.6 Å². The van der Waals surface area contributed by atoms with Crippen molar-refractivity contribution >= 4 is 11.6 Å². The van der Waals surface area contributed by atoms with Gasteiger partial charge in [0.2, 0.25) is 0 Å². The second-order valence-electron chi connectivity index (χ2n) is 2.40. The molecule has 0 aliphatic rings. The Morgan fingerprint density at radius 2 is 2.00 bits per heavy atom. The molecule has 0 saturated heterocycles. The van der Waals surface area contributed by atoms with E-state index in [0.29, 0.717) is 0 Å². The van der Waals surface area contributed by atoms with Crippen LogP contribution in [0.1, 0.15) is 5.56 Å². The van der Waals surface area contributed by atoms with Crippen molar-refractivity contribution in [2.24, 2.45) is 0 Å². The summed E-state index contributed by atoms with van der Waals surface area (Å²) in [6, 6.07) is 1.93. The molecule has 0 saturated carbocycles. The van der Waals surface area contributed by atoms with Crippen LogP contribution in [0.2, 0.25) is 0 Å². The molecule has 0 fully saturated rings. The Morgan fingerprint density at radius 1 is 1.36 bits per heavy atom. The van der Waals surface area contributed by atoms with Gasteiger partial charge in [0.05, 0.1) is 18.6 Å². The van der Waals surface area contributed by atoms with E-state index in [-0.39, 0.29) is 17.2 Å². The molecule has 1 rings (SSSR count). The second-order valence-corrected chi connectivity index (χ2v) is 2.67. The van der Waals surface area contributed by atoms with E-state index in [2.05, 4.69) is 11.8 Å². The molecule has 0 N–H and O–H groups in total. The molecule has 14 heavy (non-hydrogen) atoms. The monoisotopic (exact) mass is 216 g/mol. The number of alkyl halides is 1. The zero-order chi connectivity index (χ0) is 10.6. The summed E-state index contributed by atoms with van der Waals surface area (Å²) < 4.78 is 30.4.